The van der Waals surface area contributed by atoms with E-state index in [1.807, 2.05) is 13.0 Å². The number of nitrogens with zero attached hydrogens (tertiary/aromatic N) is 3. The van der Waals surface area contributed by atoms with Crippen molar-refractivity contribution in [1.29, 1.82) is 0 Å². The number of nitrogen functional groups attached to an aromatic ring is 1. The molecule has 2 aromatic heterocycles. The monoisotopic (exact) mass is 490 g/mol. The van der Waals surface area contributed by atoms with Crippen molar-refractivity contribution in [2.75, 3.05) is 57.0 Å². The van der Waals surface area contributed by atoms with Gasteiger partial charge in [0, 0.05) is 55.7 Å². The van der Waals surface area contributed by atoms with Crippen molar-refractivity contribution in [2.45, 2.75) is 32.7 Å². The Morgan fingerprint density at radius 2 is 2.09 bits per heavy atom. The number of aromatic nitrogens is 1. The Morgan fingerprint density at radius 3 is 2.76 bits per heavy atom. The van der Waals surface area contributed by atoms with Crippen LogP contribution in [-0.2, 0) is 11.3 Å². The third-order valence-corrected chi connectivity index (χ3v) is 6.13. The maximum atomic E-state index is 12.7. The van der Waals surface area contributed by atoms with Crippen molar-refractivity contribution in [1.82, 2.24) is 20.1 Å². The molecule has 186 valence electrons. The van der Waals surface area contributed by atoms with E-state index in [0.717, 1.165) is 57.7 Å². The predicted molar refractivity (Wildman–Crippen MR) is 133 cm³/mol. The van der Waals surface area contributed by atoms with Crippen molar-refractivity contribution < 1.29 is 19.1 Å². The number of hydrogen-bond acceptors (Lipinski definition) is 8. The normalized spacial score (nSPS) is 13.9. The number of nitrogens with two attached hydrogens (primary N) is 1. The first-order chi connectivity index (χ1) is 16.5. The van der Waals surface area contributed by atoms with Crippen molar-refractivity contribution in [3.05, 3.63) is 34.7 Å². The van der Waals surface area contributed by atoms with Crippen LogP contribution in [-0.4, -0.2) is 72.8 Å². The number of nitrogens with one attached hydrogen (secondary N) is 2. The highest BCUT2D eigenvalue weighted by Gasteiger charge is 2.15. The molecule has 0 aromatic carbocycles. The average Bonchev–Trinajstić information content (AvgIpc) is 3.25. The number of rotatable bonds is 11. The summed E-state index contributed by atoms with van der Waals surface area (Å²) < 4.78 is 10.6. The van der Waals surface area contributed by atoms with E-state index in [1.54, 1.807) is 27.9 Å². The molecule has 0 spiro atoms. The second-order valence-corrected chi connectivity index (χ2v) is 8.82. The third-order valence-electron chi connectivity index (χ3n) is 5.37. The summed E-state index contributed by atoms with van der Waals surface area (Å²) in [4.78, 5) is 33.1. The van der Waals surface area contributed by atoms with Gasteiger partial charge in [0.25, 0.3) is 0 Å². The van der Waals surface area contributed by atoms with Crippen LogP contribution < -0.4 is 21.1 Å². The SMILES string of the molecule is CCCNC(=O)N(CCCCN1CCOCC1)Cc1ccc(OC(=O)Nc2cscc2N)nc1. The quantitative estimate of drug-likeness (QED) is 0.413. The van der Waals surface area contributed by atoms with Gasteiger partial charge in [-0.1, -0.05) is 13.0 Å². The zero-order valence-electron chi connectivity index (χ0n) is 19.6. The predicted octanol–water partition coefficient (Wildman–Crippen LogP) is 3.37. The number of unbranched alkanes of at least 4 members (excludes halogenated alkanes) is 1. The summed E-state index contributed by atoms with van der Waals surface area (Å²) in [5.74, 6) is 0.169. The van der Waals surface area contributed by atoms with Gasteiger partial charge in [0.15, 0.2) is 0 Å². The van der Waals surface area contributed by atoms with Gasteiger partial charge in [0.1, 0.15) is 0 Å². The lowest BCUT2D eigenvalue weighted by Gasteiger charge is -2.27. The summed E-state index contributed by atoms with van der Waals surface area (Å²) in [6, 6.07) is 3.34. The Bertz CT molecular complexity index is 901. The average molecular weight is 491 g/mol. The van der Waals surface area contributed by atoms with Gasteiger partial charge in [0.05, 0.1) is 24.6 Å². The first-order valence-corrected chi connectivity index (χ1v) is 12.6. The maximum Gasteiger partial charge on any atom is 0.418 e. The van der Waals surface area contributed by atoms with Crippen LogP contribution in [0.1, 0.15) is 31.7 Å². The summed E-state index contributed by atoms with van der Waals surface area (Å²) in [6.07, 6.45) is 3.77. The van der Waals surface area contributed by atoms with Gasteiger partial charge >= 0.3 is 12.1 Å². The van der Waals surface area contributed by atoms with Crippen LogP contribution in [0.2, 0.25) is 0 Å². The smallest absolute Gasteiger partial charge is 0.396 e. The van der Waals surface area contributed by atoms with Crippen molar-refractivity contribution in [3.63, 3.8) is 0 Å². The van der Waals surface area contributed by atoms with Gasteiger partial charge in [-0.3, -0.25) is 10.2 Å². The molecular formula is C23H34N6O4S. The van der Waals surface area contributed by atoms with E-state index in [0.29, 0.717) is 31.0 Å². The largest absolute Gasteiger partial charge is 0.418 e. The van der Waals surface area contributed by atoms with Gasteiger partial charge in [0.2, 0.25) is 5.88 Å². The molecule has 1 aliphatic rings. The second kappa shape index (κ2) is 13.7. The molecule has 3 heterocycles. The number of amides is 3. The minimum absolute atomic E-state index is 0.0821. The first kappa shape index (κ1) is 25.7. The van der Waals surface area contributed by atoms with Crippen molar-refractivity contribution in [2.24, 2.45) is 0 Å². The van der Waals surface area contributed by atoms with Gasteiger partial charge in [-0.05, 0) is 31.4 Å². The number of carbonyl (C=O) groups excluding carboxylic acids is 2. The fourth-order valence-corrected chi connectivity index (χ4v) is 4.16. The van der Waals surface area contributed by atoms with Crippen molar-refractivity contribution in [3.8, 4) is 5.88 Å². The number of carbonyl (C=O) groups is 2. The Hall–Kier alpha value is -2.89. The molecule has 1 saturated heterocycles. The van der Waals surface area contributed by atoms with Crippen LogP contribution in [0.15, 0.2) is 29.1 Å². The zero-order valence-corrected chi connectivity index (χ0v) is 20.4. The summed E-state index contributed by atoms with van der Waals surface area (Å²) in [5.41, 5.74) is 7.61. The number of hydrogen-bond donors (Lipinski definition) is 3. The van der Waals surface area contributed by atoms with Crippen LogP contribution in [0.5, 0.6) is 5.88 Å². The molecule has 0 atom stereocenters. The molecule has 3 rings (SSSR count). The maximum absolute atomic E-state index is 12.7. The molecule has 3 amide bonds. The second-order valence-electron chi connectivity index (χ2n) is 8.07. The first-order valence-electron chi connectivity index (χ1n) is 11.6. The van der Waals surface area contributed by atoms with E-state index in [2.05, 4.69) is 20.5 Å². The summed E-state index contributed by atoms with van der Waals surface area (Å²) >= 11 is 1.39. The number of urea groups is 1. The van der Waals surface area contributed by atoms with Gasteiger partial charge in [-0.25, -0.2) is 14.6 Å². The molecule has 4 N–H and O–H groups in total. The standard InChI is InChI=1S/C23H34N6O4S/c1-2-7-25-22(30)29(9-4-3-8-28-10-12-32-13-11-28)15-18-5-6-21(26-14-18)33-23(31)27-20-17-34-16-19(20)24/h5-6,14,16-17H,2-4,7-13,15,24H2,1H3,(H,25,30)(H,27,31). The summed E-state index contributed by atoms with van der Waals surface area (Å²) in [5, 5.41) is 9.00. The fraction of sp³-hybridized carbons (Fsp3) is 0.522. The number of thiophene rings is 1. The van der Waals surface area contributed by atoms with E-state index in [4.69, 9.17) is 15.2 Å². The lowest BCUT2D eigenvalue weighted by molar-refractivity contribution is 0.0369. The Kier molecular flexibility index (Phi) is 10.4. The molecule has 1 aliphatic heterocycles. The van der Waals surface area contributed by atoms with Crippen LogP contribution in [0.3, 0.4) is 0 Å². The molecule has 10 nitrogen and oxygen atoms in total. The molecule has 2 aromatic rings. The zero-order chi connectivity index (χ0) is 24.2. The lowest BCUT2D eigenvalue weighted by atomic mass is 10.2. The highest BCUT2D eigenvalue weighted by Crippen LogP contribution is 2.23. The minimum atomic E-state index is -0.661. The minimum Gasteiger partial charge on any atom is -0.396 e. The molecule has 0 aliphatic carbocycles. The highest BCUT2D eigenvalue weighted by atomic mass is 32.1. The van der Waals surface area contributed by atoms with Crippen LogP contribution in [0.25, 0.3) is 0 Å². The molecule has 11 heteroatoms. The van der Waals surface area contributed by atoms with Crippen molar-refractivity contribution >= 4 is 34.8 Å². The lowest BCUT2D eigenvalue weighted by Crippen LogP contribution is -2.41. The molecule has 0 radical (unpaired) electrons. The Balaban J connectivity index is 1.49. The molecule has 0 saturated carbocycles. The molecule has 34 heavy (non-hydrogen) atoms. The van der Waals surface area contributed by atoms with Crippen LogP contribution >= 0.6 is 11.3 Å². The Morgan fingerprint density at radius 1 is 1.26 bits per heavy atom. The van der Waals surface area contributed by atoms with E-state index >= 15 is 0 Å². The molecule has 1 fully saturated rings. The van der Waals surface area contributed by atoms with Crippen LogP contribution in [0.4, 0.5) is 21.0 Å². The topological polar surface area (TPSA) is 122 Å². The van der Waals surface area contributed by atoms with E-state index < -0.39 is 6.09 Å². The third kappa shape index (κ3) is 8.47. The number of anilines is 2. The summed E-state index contributed by atoms with van der Waals surface area (Å²) in [6.45, 7) is 8.29. The molecular weight excluding hydrogens is 456 g/mol. The molecule has 0 unspecified atom stereocenters. The molecule has 0 bridgehead atoms. The van der Waals surface area contributed by atoms with E-state index in [-0.39, 0.29) is 11.9 Å². The number of ether oxygens (including phenoxy) is 2. The fourth-order valence-electron chi connectivity index (χ4n) is 3.48. The number of pyridine rings is 1. The number of morpholine rings is 1. The van der Waals surface area contributed by atoms with Gasteiger partial charge in [-0.2, -0.15) is 0 Å². The van der Waals surface area contributed by atoms with Gasteiger partial charge < -0.3 is 25.4 Å². The van der Waals surface area contributed by atoms with Crippen LogP contribution in [0, 0.1) is 0 Å². The Labute approximate surface area is 204 Å². The summed E-state index contributed by atoms with van der Waals surface area (Å²) in [7, 11) is 0. The van der Waals surface area contributed by atoms with E-state index in [1.165, 1.54) is 11.3 Å². The van der Waals surface area contributed by atoms with Gasteiger partial charge in [-0.15, -0.1) is 11.3 Å². The highest BCUT2D eigenvalue weighted by molar-refractivity contribution is 7.09. The van der Waals surface area contributed by atoms with E-state index in [9.17, 15) is 9.59 Å².